The Morgan fingerprint density at radius 1 is 0.846 bits per heavy atom. The molecule has 0 heterocycles. The summed E-state index contributed by atoms with van der Waals surface area (Å²) in [5, 5.41) is 13.2. The SMILES string of the molecule is CCC(C)N[C@@](Cc1ccc(OC(=O)C(C)CC)c(OC(=O)C(C)CC)c1)(OC(=O)OC(C)(C)CC)C(=O)O. The first-order valence-corrected chi connectivity index (χ1v) is 13.6. The normalized spacial score (nSPS) is 15.3. The maximum Gasteiger partial charge on any atom is 0.511 e. The molecular weight excluding hydrogens is 506 g/mol. The molecule has 0 aliphatic heterocycles. The number of ether oxygens (including phenoxy) is 4. The zero-order valence-corrected chi connectivity index (χ0v) is 24.7. The summed E-state index contributed by atoms with van der Waals surface area (Å²) >= 11 is 0. The van der Waals surface area contributed by atoms with Crippen molar-refractivity contribution < 1.29 is 43.2 Å². The second kappa shape index (κ2) is 14.9. The van der Waals surface area contributed by atoms with Crippen molar-refractivity contribution in [3.8, 4) is 11.5 Å². The number of hydrogen-bond acceptors (Lipinski definition) is 9. The number of rotatable bonds is 15. The van der Waals surface area contributed by atoms with Gasteiger partial charge in [-0.15, -0.1) is 0 Å². The fraction of sp³-hybridized carbons (Fsp3) is 0.655. The van der Waals surface area contributed by atoms with E-state index in [2.05, 4.69) is 5.32 Å². The molecule has 0 saturated heterocycles. The van der Waals surface area contributed by atoms with Crippen molar-refractivity contribution in [2.75, 3.05) is 0 Å². The van der Waals surface area contributed by atoms with Crippen LogP contribution in [0, 0.1) is 11.8 Å². The Morgan fingerprint density at radius 2 is 1.38 bits per heavy atom. The highest BCUT2D eigenvalue weighted by Crippen LogP contribution is 2.32. The molecule has 3 unspecified atom stereocenters. The third-order valence-corrected chi connectivity index (χ3v) is 6.82. The maximum atomic E-state index is 12.7. The number of carboxylic acid groups (broad SMARTS) is 1. The Hall–Kier alpha value is -3.14. The first-order chi connectivity index (χ1) is 18.1. The number of carbonyl (C=O) groups excluding carboxylic acids is 3. The predicted molar refractivity (Wildman–Crippen MR) is 146 cm³/mol. The van der Waals surface area contributed by atoms with Crippen molar-refractivity contribution >= 4 is 24.1 Å². The van der Waals surface area contributed by atoms with E-state index in [4.69, 9.17) is 18.9 Å². The Bertz CT molecular complexity index is 1010. The molecule has 0 aliphatic rings. The summed E-state index contributed by atoms with van der Waals surface area (Å²) in [7, 11) is 0. The van der Waals surface area contributed by atoms with Crippen molar-refractivity contribution in [1.82, 2.24) is 5.32 Å². The molecule has 1 aromatic carbocycles. The van der Waals surface area contributed by atoms with E-state index in [1.165, 1.54) is 18.2 Å². The number of aliphatic carboxylic acids is 1. The number of carboxylic acids is 1. The van der Waals surface area contributed by atoms with Crippen LogP contribution in [0.15, 0.2) is 18.2 Å². The van der Waals surface area contributed by atoms with Gasteiger partial charge in [-0.1, -0.05) is 47.6 Å². The maximum absolute atomic E-state index is 12.7. The van der Waals surface area contributed by atoms with E-state index in [0.717, 1.165) is 0 Å². The number of esters is 2. The average molecular weight is 552 g/mol. The van der Waals surface area contributed by atoms with E-state index in [0.29, 0.717) is 31.2 Å². The molecule has 2 N–H and O–H groups in total. The number of hydrogen-bond donors (Lipinski definition) is 2. The molecule has 1 aromatic rings. The third kappa shape index (κ3) is 10.2. The molecule has 0 aliphatic carbocycles. The molecule has 0 spiro atoms. The van der Waals surface area contributed by atoms with E-state index in [1.54, 1.807) is 34.6 Å². The molecule has 220 valence electrons. The lowest BCUT2D eigenvalue weighted by molar-refractivity contribution is -0.169. The smallest absolute Gasteiger partial charge is 0.477 e. The molecule has 0 fully saturated rings. The Kier molecular flexibility index (Phi) is 12.9. The second-order valence-corrected chi connectivity index (χ2v) is 10.6. The van der Waals surface area contributed by atoms with Crippen molar-refractivity contribution in [3.05, 3.63) is 23.8 Å². The summed E-state index contributed by atoms with van der Waals surface area (Å²) in [6.07, 6.45) is 0.665. The second-order valence-electron chi connectivity index (χ2n) is 10.6. The molecule has 1 rings (SSSR count). The monoisotopic (exact) mass is 551 g/mol. The van der Waals surface area contributed by atoms with Gasteiger partial charge in [0.1, 0.15) is 5.60 Å². The predicted octanol–water partition coefficient (Wildman–Crippen LogP) is 5.64. The van der Waals surface area contributed by atoms with Crippen LogP contribution in [0.1, 0.15) is 93.6 Å². The van der Waals surface area contributed by atoms with Gasteiger partial charge in [-0.05, 0) is 64.2 Å². The van der Waals surface area contributed by atoms with Gasteiger partial charge in [-0.25, -0.2) is 9.59 Å². The first-order valence-electron chi connectivity index (χ1n) is 13.6. The molecular formula is C29H45NO9. The number of carbonyl (C=O) groups is 4. The molecule has 0 bridgehead atoms. The largest absolute Gasteiger partial charge is 0.511 e. The van der Waals surface area contributed by atoms with Gasteiger partial charge in [-0.3, -0.25) is 14.9 Å². The van der Waals surface area contributed by atoms with Crippen LogP contribution >= 0.6 is 0 Å². The topological polar surface area (TPSA) is 137 Å². The zero-order valence-electron chi connectivity index (χ0n) is 24.7. The Labute approximate surface area is 231 Å². The first kappa shape index (κ1) is 33.9. The van der Waals surface area contributed by atoms with Crippen molar-refractivity contribution in [3.63, 3.8) is 0 Å². The van der Waals surface area contributed by atoms with E-state index in [9.17, 15) is 24.3 Å². The lowest BCUT2D eigenvalue weighted by atomic mass is 10.00. The van der Waals surface area contributed by atoms with Gasteiger partial charge in [0.2, 0.25) is 0 Å². The van der Waals surface area contributed by atoms with Gasteiger partial charge in [-0.2, -0.15) is 0 Å². The quantitative estimate of drug-likeness (QED) is 0.160. The van der Waals surface area contributed by atoms with E-state index >= 15 is 0 Å². The van der Waals surface area contributed by atoms with Gasteiger partial charge < -0.3 is 24.1 Å². The average Bonchev–Trinajstić information content (AvgIpc) is 2.88. The molecule has 39 heavy (non-hydrogen) atoms. The van der Waals surface area contributed by atoms with Crippen molar-refractivity contribution in [2.24, 2.45) is 11.8 Å². The minimum Gasteiger partial charge on any atom is -0.477 e. The van der Waals surface area contributed by atoms with Crippen molar-refractivity contribution in [1.29, 1.82) is 0 Å². The summed E-state index contributed by atoms with van der Waals surface area (Å²) < 4.78 is 21.9. The fourth-order valence-corrected chi connectivity index (χ4v) is 3.12. The van der Waals surface area contributed by atoms with Crippen LogP contribution in [0.5, 0.6) is 11.5 Å². The molecule has 0 saturated carbocycles. The van der Waals surface area contributed by atoms with Gasteiger partial charge in [0, 0.05) is 12.5 Å². The molecule has 10 heteroatoms. The van der Waals surface area contributed by atoms with Gasteiger partial charge in [0.25, 0.3) is 5.72 Å². The van der Waals surface area contributed by atoms with Crippen LogP contribution in [-0.2, 0) is 30.3 Å². The summed E-state index contributed by atoms with van der Waals surface area (Å²) in [5.41, 5.74) is -2.70. The van der Waals surface area contributed by atoms with Crippen LogP contribution in [-0.4, -0.2) is 46.5 Å². The lowest BCUT2D eigenvalue weighted by Crippen LogP contribution is -2.60. The Morgan fingerprint density at radius 3 is 1.85 bits per heavy atom. The Balaban J connectivity index is 3.53. The van der Waals surface area contributed by atoms with E-state index < -0.39 is 41.3 Å². The van der Waals surface area contributed by atoms with E-state index in [-0.39, 0.29) is 29.9 Å². The van der Waals surface area contributed by atoms with Crippen LogP contribution in [0.2, 0.25) is 0 Å². The lowest BCUT2D eigenvalue weighted by Gasteiger charge is -2.34. The third-order valence-electron chi connectivity index (χ3n) is 6.82. The number of nitrogens with one attached hydrogen (secondary N) is 1. The summed E-state index contributed by atoms with van der Waals surface area (Å²) in [5.74, 6) is -3.26. The summed E-state index contributed by atoms with van der Waals surface area (Å²) in [4.78, 5) is 50.4. The van der Waals surface area contributed by atoms with Gasteiger partial charge in [0.15, 0.2) is 11.5 Å². The number of benzene rings is 1. The summed E-state index contributed by atoms with van der Waals surface area (Å²) in [6.45, 7) is 15.9. The fourth-order valence-electron chi connectivity index (χ4n) is 3.12. The van der Waals surface area contributed by atoms with Crippen LogP contribution in [0.25, 0.3) is 0 Å². The van der Waals surface area contributed by atoms with Crippen LogP contribution in [0.4, 0.5) is 4.79 Å². The molecule has 0 radical (unpaired) electrons. The highest BCUT2D eigenvalue weighted by molar-refractivity contribution is 5.81. The highest BCUT2D eigenvalue weighted by Gasteiger charge is 2.45. The van der Waals surface area contributed by atoms with E-state index in [1.807, 2.05) is 27.7 Å². The van der Waals surface area contributed by atoms with Gasteiger partial charge >= 0.3 is 24.1 Å². The molecule has 0 aromatic heterocycles. The van der Waals surface area contributed by atoms with Crippen LogP contribution in [0.3, 0.4) is 0 Å². The van der Waals surface area contributed by atoms with Crippen LogP contribution < -0.4 is 14.8 Å². The zero-order chi connectivity index (χ0) is 30.0. The molecule has 0 amide bonds. The van der Waals surface area contributed by atoms with Gasteiger partial charge in [0.05, 0.1) is 11.8 Å². The molecule has 4 atom stereocenters. The molecule has 10 nitrogen and oxygen atoms in total. The highest BCUT2D eigenvalue weighted by atomic mass is 16.8. The standard InChI is InChI=1S/C29H45NO9/c1-10-18(5)24(31)36-22-15-14-21(16-23(22)37-25(32)19(6)11-2)17-29(26(33)34,30-20(7)12-3)39-27(35)38-28(8,9)13-4/h14-16,18-20,30H,10-13,17H2,1-9H3,(H,33,34)/t18?,19?,20?,29-/m0/s1. The van der Waals surface area contributed by atoms with Crippen molar-refractivity contribution in [2.45, 2.75) is 112 Å². The minimum absolute atomic E-state index is 0.0292. The summed E-state index contributed by atoms with van der Waals surface area (Å²) in [6, 6.07) is 4.04. The minimum atomic E-state index is -2.19.